The summed E-state index contributed by atoms with van der Waals surface area (Å²) in [6.45, 7) is 4.12. The first-order chi connectivity index (χ1) is 10.1. The van der Waals surface area contributed by atoms with Gasteiger partial charge in [0, 0.05) is 36.1 Å². The molecule has 106 valence electrons. The van der Waals surface area contributed by atoms with Crippen molar-refractivity contribution in [2.45, 2.75) is 20.3 Å². The van der Waals surface area contributed by atoms with Gasteiger partial charge in [0.05, 0.1) is 0 Å². The van der Waals surface area contributed by atoms with Crippen molar-refractivity contribution in [3.05, 3.63) is 70.9 Å². The average Bonchev–Trinajstić information content (AvgIpc) is 2.81. The van der Waals surface area contributed by atoms with Gasteiger partial charge in [-0.3, -0.25) is 4.79 Å². The van der Waals surface area contributed by atoms with Crippen molar-refractivity contribution in [2.24, 2.45) is 7.05 Å². The van der Waals surface area contributed by atoms with Crippen molar-refractivity contribution in [3.63, 3.8) is 0 Å². The van der Waals surface area contributed by atoms with E-state index in [0.29, 0.717) is 6.42 Å². The van der Waals surface area contributed by atoms with Gasteiger partial charge >= 0.3 is 0 Å². The third kappa shape index (κ3) is 2.49. The lowest BCUT2D eigenvalue weighted by Gasteiger charge is -2.06. The van der Waals surface area contributed by atoms with E-state index in [1.807, 2.05) is 42.1 Å². The monoisotopic (exact) mass is 277 g/mol. The molecule has 1 heterocycles. The number of hydrogen-bond acceptors (Lipinski definition) is 1. The van der Waals surface area contributed by atoms with Crippen LogP contribution >= 0.6 is 0 Å². The summed E-state index contributed by atoms with van der Waals surface area (Å²) in [5.41, 5.74) is 5.40. The number of para-hydroxylation sites is 1. The van der Waals surface area contributed by atoms with Gasteiger partial charge in [0.1, 0.15) is 0 Å². The summed E-state index contributed by atoms with van der Waals surface area (Å²) in [5, 5.41) is 1.04. The highest BCUT2D eigenvalue weighted by Crippen LogP contribution is 2.22. The number of Topliss-reactive ketones (excluding diaryl/α,β-unsaturated/α-hetero) is 1. The lowest BCUT2D eigenvalue weighted by atomic mass is 9.97. The van der Waals surface area contributed by atoms with Crippen LogP contribution in [0.2, 0.25) is 0 Å². The van der Waals surface area contributed by atoms with Gasteiger partial charge in [0.15, 0.2) is 5.78 Å². The first kappa shape index (κ1) is 13.6. The van der Waals surface area contributed by atoms with Crippen LogP contribution in [0.15, 0.2) is 48.7 Å². The van der Waals surface area contributed by atoms with E-state index < -0.39 is 0 Å². The zero-order valence-electron chi connectivity index (χ0n) is 12.7. The van der Waals surface area contributed by atoms with E-state index in [1.54, 1.807) is 0 Å². The fourth-order valence-corrected chi connectivity index (χ4v) is 2.82. The van der Waals surface area contributed by atoms with E-state index in [0.717, 1.165) is 22.0 Å². The minimum absolute atomic E-state index is 0.181. The molecule has 0 unspecified atom stereocenters. The molecule has 0 aliphatic heterocycles. The molecule has 0 saturated heterocycles. The quantitative estimate of drug-likeness (QED) is 0.657. The van der Waals surface area contributed by atoms with Gasteiger partial charge in [-0.15, -0.1) is 0 Å². The lowest BCUT2D eigenvalue weighted by molar-refractivity contribution is 0.0994. The molecular weight excluding hydrogens is 258 g/mol. The summed E-state index contributed by atoms with van der Waals surface area (Å²) in [6, 6.07) is 14.3. The van der Waals surface area contributed by atoms with Crippen LogP contribution in [0.4, 0.5) is 0 Å². The van der Waals surface area contributed by atoms with E-state index in [2.05, 4.69) is 32.0 Å². The number of benzene rings is 2. The number of ketones is 1. The van der Waals surface area contributed by atoms with Crippen LogP contribution in [0.1, 0.15) is 27.0 Å². The molecule has 0 spiro atoms. The molecule has 0 fully saturated rings. The second-order valence-corrected chi connectivity index (χ2v) is 5.70. The van der Waals surface area contributed by atoms with Gasteiger partial charge in [-0.2, -0.15) is 0 Å². The smallest absolute Gasteiger partial charge is 0.169 e. The van der Waals surface area contributed by atoms with Gasteiger partial charge in [-0.25, -0.2) is 0 Å². The zero-order valence-corrected chi connectivity index (χ0v) is 12.7. The van der Waals surface area contributed by atoms with Gasteiger partial charge in [0.2, 0.25) is 0 Å². The van der Waals surface area contributed by atoms with E-state index in [1.165, 1.54) is 11.1 Å². The maximum atomic E-state index is 12.7. The first-order valence-corrected chi connectivity index (χ1v) is 7.19. The van der Waals surface area contributed by atoms with Gasteiger partial charge in [-0.1, -0.05) is 42.0 Å². The highest BCUT2D eigenvalue weighted by Gasteiger charge is 2.15. The van der Waals surface area contributed by atoms with Crippen molar-refractivity contribution in [2.75, 3.05) is 0 Å². The molecule has 0 aliphatic carbocycles. The maximum absolute atomic E-state index is 12.7. The van der Waals surface area contributed by atoms with Crippen molar-refractivity contribution in [3.8, 4) is 0 Å². The molecule has 0 amide bonds. The van der Waals surface area contributed by atoms with Crippen LogP contribution in [-0.4, -0.2) is 10.4 Å². The highest BCUT2D eigenvalue weighted by molar-refractivity contribution is 6.08. The number of hydrogen-bond donors (Lipinski definition) is 0. The Morgan fingerprint density at radius 3 is 2.67 bits per heavy atom. The number of fused-ring (bicyclic) bond motifs is 1. The Labute approximate surface area is 125 Å². The Morgan fingerprint density at radius 2 is 1.86 bits per heavy atom. The van der Waals surface area contributed by atoms with Crippen molar-refractivity contribution in [1.82, 2.24) is 4.57 Å². The van der Waals surface area contributed by atoms with E-state index >= 15 is 0 Å². The fourth-order valence-electron chi connectivity index (χ4n) is 2.82. The minimum atomic E-state index is 0.181. The maximum Gasteiger partial charge on any atom is 0.169 e. The van der Waals surface area contributed by atoms with Crippen LogP contribution in [0.25, 0.3) is 10.9 Å². The predicted octanol–water partition coefficient (Wildman–Crippen LogP) is 4.22. The second-order valence-electron chi connectivity index (χ2n) is 5.70. The summed E-state index contributed by atoms with van der Waals surface area (Å²) in [7, 11) is 1.98. The van der Waals surface area contributed by atoms with Crippen LogP contribution < -0.4 is 0 Å². The van der Waals surface area contributed by atoms with Crippen LogP contribution in [0.3, 0.4) is 0 Å². The molecule has 0 saturated carbocycles. The molecule has 2 nitrogen and oxygen atoms in total. The Kier molecular flexibility index (Phi) is 3.38. The van der Waals surface area contributed by atoms with Crippen molar-refractivity contribution in [1.29, 1.82) is 0 Å². The standard InChI is InChI=1S/C19H19NO/c1-13-8-9-14(2)15(10-13)11-19(21)17-12-20(3)18-7-5-4-6-16(17)18/h4-10,12H,11H2,1-3H3. The lowest BCUT2D eigenvalue weighted by Crippen LogP contribution is -2.04. The number of aromatic nitrogens is 1. The first-order valence-electron chi connectivity index (χ1n) is 7.19. The normalized spacial score (nSPS) is 11.0. The molecule has 0 radical (unpaired) electrons. The highest BCUT2D eigenvalue weighted by atomic mass is 16.1. The minimum Gasteiger partial charge on any atom is -0.350 e. The summed E-state index contributed by atoms with van der Waals surface area (Å²) < 4.78 is 2.02. The van der Waals surface area contributed by atoms with E-state index in [-0.39, 0.29) is 5.78 Å². The Morgan fingerprint density at radius 1 is 1.10 bits per heavy atom. The Hall–Kier alpha value is -2.35. The summed E-state index contributed by atoms with van der Waals surface area (Å²) in [6.07, 6.45) is 2.40. The van der Waals surface area contributed by atoms with Crippen molar-refractivity contribution < 1.29 is 4.79 Å². The third-order valence-electron chi connectivity index (χ3n) is 4.05. The molecule has 2 heteroatoms. The number of rotatable bonds is 3. The van der Waals surface area contributed by atoms with Crippen LogP contribution in [0, 0.1) is 13.8 Å². The van der Waals surface area contributed by atoms with E-state index in [9.17, 15) is 4.79 Å². The third-order valence-corrected chi connectivity index (χ3v) is 4.05. The topological polar surface area (TPSA) is 22.0 Å². The summed E-state index contributed by atoms with van der Waals surface area (Å²) in [4.78, 5) is 12.7. The van der Waals surface area contributed by atoms with Crippen LogP contribution in [0.5, 0.6) is 0 Å². The Bertz CT molecular complexity index is 827. The predicted molar refractivity (Wildman–Crippen MR) is 86.9 cm³/mol. The summed E-state index contributed by atoms with van der Waals surface area (Å²) >= 11 is 0. The number of carbonyl (C=O) groups excluding carboxylic acids is 1. The van der Waals surface area contributed by atoms with E-state index in [4.69, 9.17) is 0 Å². The largest absolute Gasteiger partial charge is 0.350 e. The van der Waals surface area contributed by atoms with Gasteiger partial charge in [-0.05, 0) is 31.0 Å². The fraction of sp³-hybridized carbons (Fsp3) is 0.211. The molecule has 0 bridgehead atoms. The SMILES string of the molecule is Cc1ccc(C)c(CC(=O)c2cn(C)c3ccccc23)c1. The zero-order chi connectivity index (χ0) is 15.0. The molecule has 3 rings (SSSR count). The second kappa shape index (κ2) is 5.21. The molecule has 0 aliphatic rings. The van der Waals surface area contributed by atoms with Crippen molar-refractivity contribution >= 4 is 16.7 Å². The number of nitrogens with zero attached hydrogens (tertiary/aromatic N) is 1. The molecule has 3 aromatic rings. The number of carbonyl (C=O) groups is 1. The van der Waals surface area contributed by atoms with Crippen LogP contribution in [-0.2, 0) is 13.5 Å². The number of aryl methyl sites for hydroxylation is 3. The van der Waals surface area contributed by atoms with Gasteiger partial charge < -0.3 is 4.57 Å². The molecule has 0 atom stereocenters. The Balaban J connectivity index is 2.00. The molecule has 21 heavy (non-hydrogen) atoms. The molecule has 0 N–H and O–H groups in total. The molecule has 2 aromatic carbocycles. The molecule has 1 aromatic heterocycles. The van der Waals surface area contributed by atoms with Gasteiger partial charge in [0.25, 0.3) is 0 Å². The molecular formula is C19H19NO. The average molecular weight is 277 g/mol. The summed E-state index contributed by atoms with van der Waals surface area (Å²) in [5.74, 6) is 0.181.